The van der Waals surface area contributed by atoms with Gasteiger partial charge in [0.1, 0.15) is 11.5 Å². The Morgan fingerprint density at radius 2 is 1.95 bits per heavy atom. The van der Waals surface area contributed by atoms with Gasteiger partial charge in [-0.15, -0.1) is 0 Å². The summed E-state index contributed by atoms with van der Waals surface area (Å²) in [4.78, 5) is 13.9. The van der Waals surface area contributed by atoms with Crippen molar-refractivity contribution in [2.45, 2.75) is 45.6 Å². The summed E-state index contributed by atoms with van der Waals surface area (Å²) in [6, 6.07) is 1.80. The number of nitrogens with one attached hydrogen (secondary N) is 1. The molecule has 0 bridgehead atoms. The van der Waals surface area contributed by atoms with Gasteiger partial charge in [-0.05, 0) is 38.9 Å². The first kappa shape index (κ1) is 14.1. The van der Waals surface area contributed by atoms with Gasteiger partial charge in [0.15, 0.2) is 0 Å². The maximum atomic E-state index is 11.5. The molecule has 1 aliphatic rings. The number of furan rings is 1. The van der Waals surface area contributed by atoms with Crippen LogP contribution in [0.1, 0.15) is 54.0 Å². The monoisotopic (exact) mass is 265 g/mol. The van der Waals surface area contributed by atoms with Crippen LogP contribution < -0.4 is 11.3 Å². The highest BCUT2D eigenvalue weighted by atomic mass is 16.3. The standard InChI is InChI=1S/C14H23N3O2/c1-11-13(14(18)16-15)9-12(19-11)10-17-7-5-3-2-4-6-8-17/h9H,2-8,10,15H2,1H3,(H,16,18). The molecule has 106 valence electrons. The minimum Gasteiger partial charge on any atom is -0.464 e. The Kier molecular flexibility index (Phi) is 4.99. The third-order valence-electron chi connectivity index (χ3n) is 3.67. The van der Waals surface area contributed by atoms with Gasteiger partial charge in [-0.1, -0.05) is 19.3 Å². The van der Waals surface area contributed by atoms with Crippen LogP contribution in [0.4, 0.5) is 0 Å². The minimum absolute atomic E-state index is 0.292. The predicted molar refractivity (Wildman–Crippen MR) is 73.5 cm³/mol. The van der Waals surface area contributed by atoms with Gasteiger partial charge in [0.2, 0.25) is 0 Å². The van der Waals surface area contributed by atoms with E-state index < -0.39 is 0 Å². The lowest BCUT2D eigenvalue weighted by atomic mass is 10.1. The number of carbonyl (C=O) groups is 1. The van der Waals surface area contributed by atoms with Gasteiger partial charge in [0, 0.05) is 0 Å². The maximum Gasteiger partial charge on any atom is 0.268 e. The van der Waals surface area contributed by atoms with Gasteiger partial charge < -0.3 is 4.42 Å². The molecular formula is C14H23N3O2. The van der Waals surface area contributed by atoms with E-state index in [1.165, 1.54) is 32.1 Å². The second-order valence-electron chi connectivity index (χ2n) is 5.20. The molecule has 0 atom stereocenters. The van der Waals surface area contributed by atoms with E-state index in [0.29, 0.717) is 11.3 Å². The molecule has 1 saturated heterocycles. The quantitative estimate of drug-likeness (QED) is 0.498. The first-order valence-corrected chi connectivity index (χ1v) is 7.03. The van der Waals surface area contributed by atoms with E-state index >= 15 is 0 Å². The van der Waals surface area contributed by atoms with Crippen molar-refractivity contribution in [2.75, 3.05) is 13.1 Å². The number of hydrogen-bond acceptors (Lipinski definition) is 4. The average molecular weight is 265 g/mol. The van der Waals surface area contributed by atoms with Gasteiger partial charge in [0.25, 0.3) is 5.91 Å². The minimum atomic E-state index is -0.292. The summed E-state index contributed by atoms with van der Waals surface area (Å²) in [7, 11) is 0. The lowest BCUT2D eigenvalue weighted by Gasteiger charge is -2.23. The second kappa shape index (κ2) is 6.73. The van der Waals surface area contributed by atoms with Crippen molar-refractivity contribution < 1.29 is 9.21 Å². The highest BCUT2D eigenvalue weighted by Crippen LogP contribution is 2.18. The molecule has 1 aliphatic heterocycles. The number of hydrogen-bond donors (Lipinski definition) is 2. The van der Waals surface area contributed by atoms with Gasteiger partial charge in [-0.25, -0.2) is 5.84 Å². The topological polar surface area (TPSA) is 71.5 Å². The van der Waals surface area contributed by atoms with Crippen molar-refractivity contribution in [1.29, 1.82) is 0 Å². The Hall–Kier alpha value is -1.33. The Morgan fingerprint density at radius 1 is 1.32 bits per heavy atom. The van der Waals surface area contributed by atoms with Crippen LogP contribution in [0.3, 0.4) is 0 Å². The molecule has 0 saturated carbocycles. The summed E-state index contributed by atoms with van der Waals surface area (Å²) in [5.74, 6) is 6.34. The second-order valence-corrected chi connectivity index (χ2v) is 5.20. The van der Waals surface area contributed by atoms with E-state index in [-0.39, 0.29) is 5.91 Å². The van der Waals surface area contributed by atoms with Crippen LogP contribution in [-0.2, 0) is 6.54 Å². The molecule has 0 unspecified atom stereocenters. The summed E-state index contributed by atoms with van der Waals surface area (Å²) in [5, 5.41) is 0. The van der Waals surface area contributed by atoms with Gasteiger partial charge in [0.05, 0.1) is 12.1 Å². The molecule has 1 amide bonds. The number of aryl methyl sites for hydroxylation is 1. The van der Waals surface area contributed by atoms with E-state index in [9.17, 15) is 4.79 Å². The molecule has 1 fully saturated rings. The van der Waals surface area contributed by atoms with Crippen LogP contribution in [0.25, 0.3) is 0 Å². The largest absolute Gasteiger partial charge is 0.464 e. The molecule has 0 spiro atoms. The fourth-order valence-electron chi connectivity index (χ4n) is 2.62. The molecule has 5 nitrogen and oxygen atoms in total. The number of likely N-dealkylation sites (tertiary alicyclic amines) is 1. The highest BCUT2D eigenvalue weighted by Gasteiger charge is 2.16. The summed E-state index contributed by atoms with van der Waals surface area (Å²) in [6.07, 6.45) is 6.48. The molecule has 2 heterocycles. The zero-order chi connectivity index (χ0) is 13.7. The Balaban J connectivity index is 1.99. The molecular weight excluding hydrogens is 242 g/mol. The average Bonchev–Trinajstić information content (AvgIpc) is 2.72. The molecule has 0 radical (unpaired) electrons. The van der Waals surface area contributed by atoms with E-state index in [1.807, 2.05) is 0 Å². The number of nitrogens with zero attached hydrogens (tertiary/aromatic N) is 1. The van der Waals surface area contributed by atoms with E-state index in [0.717, 1.165) is 25.4 Å². The fraction of sp³-hybridized carbons (Fsp3) is 0.643. The van der Waals surface area contributed by atoms with Crippen LogP contribution in [0.15, 0.2) is 10.5 Å². The van der Waals surface area contributed by atoms with Crippen LogP contribution in [0.2, 0.25) is 0 Å². The molecule has 19 heavy (non-hydrogen) atoms. The van der Waals surface area contributed by atoms with Gasteiger partial charge in [-0.3, -0.25) is 15.1 Å². The molecule has 3 N–H and O–H groups in total. The van der Waals surface area contributed by atoms with Crippen LogP contribution in [0.5, 0.6) is 0 Å². The molecule has 5 heteroatoms. The van der Waals surface area contributed by atoms with E-state index in [4.69, 9.17) is 10.3 Å². The van der Waals surface area contributed by atoms with Crippen molar-refractivity contribution in [2.24, 2.45) is 5.84 Å². The zero-order valence-electron chi connectivity index (χ0n) is 11.6. The SMILES string of the molecule is Cc1oc(CN2CCCCCCC2)cc1C(=O)NN. The van der Waals surface area contributed by atoms with Crippen LogP contribution >= 0.6 is 0 Å². The van der Waals surface area contributed by atoms with Crippen molar-refractivity contribution >= 4 is 5.91 Å². The van der Waals surface area contributed by atoms with Crippen LogP contribution in [0, 0.1) is 6.92 Å². The first-order valence-electron chi connectivity index (χ1n) is 7.03. The predicted octanol–water partition coefficient (Wildman–Crippen LogP) is 1.96. The van der Waals surface area contributed by atoms with Gasteiger partial charge in [-0.2, -0.15) is 0 Å². The Morgan fingerprint density at radius 3 is 2.58 bits per heavy atom. The van der Waals surface area contributed by atoms with Crippen molar-refractivity contribution in [1.82, 2.24) is 10.3 Å². The number of hydrazine groups is 1. The number of carbonyl (C=O) groups excluding carboxylic acids is 1. The van der Waals surface area contributed by atoms with E-state index in [1.54, 1.807) is 13.0 Å². The van der Waals surface area contributed by atoms with Crippen molar-refractivity contribution in [3.63, 3.8) is 0 Å². The maximum absolute atomic E-state index is 11.5. The third-order valence-corrected chi connectivity index (χ3v) is 3.67. The number of rotatable bonds is 3. The Labute approximate surface area is 114 Å². The summed E-state index contributed by atoms with van der Waals surface area (Å²) in [6.45, 7) is 4.79. The van der Waals surface area contributed by atoms with Gasteiger partial charge >= 0.3 is 0 Å². The number of nitrogens with two attached hydrogens (primary N) is 1. The lowest BCUT2D eigenvalue weighted by molar-refractivity contribution is 0.0952. The van der Waals surface area contributed by atoms with Crippen molar-refractivity contribution in [3.8, 4) is 0 Å². The molecule has 2 rings (SSSR count). The van der Waals surface area contributed by atoms with Crippen LogP contribution in [-0.4, -0.2) is 23.9 Å². The number of nitrogen functional groups attached to an aromatic ring is 1. The molecule has 1 aromatic heterocycles. The Bertz CT molecular complexity index is 420. The summed E-state index contributed by atoms with van der Waals surface area (Å²) < 4.78 is 5.65. The third kappa shape index (κ3) is 3.81. The normalized spacial score (nSPS) is 17.8. The summed E-state index contributed by atoms with van der Waals surface area (Å²) in [5.41, 5.74) is 2.68. The fourth-order valence-corrected chi connectivity index (χ4v) is 2.62. The molecule has 0 aromatic carbocycles. The molecule has 0 aliphatic carbocycles. The van der Waals surface area contributed by atoms with E-state index in [2.05, 4.69) is 10.3 Å². The smallest absolute Gasteiger partial charge is 0.268 e. The lowest BCUT2D eigenvalue weighted by Crippen LogP contribution is -2.30. The zero-order valence-corrected chi connectivity index (χ0v) is 11.6. The highest BCUT2D eigenvalue weighted by molar-refractivity contribution is 5.94. The molecule has 1 aromatic rings. The number of amides is 1. The van der Waals surface area contributed by atoms with Crippen molar-refractivity contribution in [3.05, 3.63) is 23.2 Å². The first-order chi connectivity index (χ1) is 9.20. The summed E-state index contributed by atoms with van der Waals surface area (Å²) >= 11 is 0.